The first kappa shape index (κ1) is 34.6. The van der Waals surface area contributed by atoms with Crippen LogP contribution in [0.2, 0.25) is 0 Å². The van der Waals surface area contributed by atoms with Crippen LogP contribution in [-0.2, 0) is 0 Å². The van der Waals surface area contributed by atoms with Crippen LogP contribution in [0.5, 0.6) is 0 Å². The number of nitrogens with zero attached hydrogens (tertiary/aromatic N) is 4. The molecule has 0 saturated heterocycles. The van der Waals surface area contributed by atoms with Crippen molar-refractivity contribution in [3.63, 3.8) is 0 Å². The van der Waals surface area contributed by atoms with Crippen LogP contribution in [0.15, 0.2) is 194 Å². The van der Waals surface area contributed by atoms with E-state index >= 15 is 0 Å². The molecular formula is C54H32N4S2. The van der Waals surface area contributed by atoms with Crippen LogP contribution in [0.25, 0.3) is 119 Å². The highest BCUT2D eigenvalue weighted by molar-refractivity contribution is 7.26. The van der Waals surface area contributed by atoms with Gasteiger partial charge >= 0.3 is 0 Å². The minimum Gasteiger partial charge on any atom is -0.246 e. The van der Waals surface area contributed by atoms with Gasteiger partial charge in [-0.2, -0.15) is 0 Å². The van der Waals surface area contributed by atoms with E-state index in [2.05, 4.69) is 176 Å². The molecular weight excluding hydrogens is 769 g/mol. The van der Waals surface area contributed by atoms with Crippen LogP contribution in [-0.4, -0.2) is 19.9 Å². The number of pyridine rings is 1. The molecule has 0 bridgehead atoms. The van der Waals surface area contributed by atoms with E-state index in [1.54, 1.807) is 22.7 Å². The summed E-state index contributed by atoms with van der Waals surface area (Å²) in [5.41, 5.74) is 10.5. The molecule has 60 heavy (non-hydrogen) atoms. The fraction of sp³-hybridized carbons (Fsp3) is 0. The molecule has 0 aliphatic carbocycles. The fourth-order valence-electron chi connectivity index (χ4n) is 8.42. The maximum atomic E-state index is 5.44. The minimum absolute atomic E-state index is 0.620. The Morgan fingerprint density at radius 1 is 0.300 bits per heavy atom. The van der Waals surface area contributed by atoms with Gasteiger partial charge in [0.2, 0.25) is 0 Å². The molecule has 0 atom stereocenters. The molecule has 0 fully saturated rings. The first-order valence-electron chi connectivity index (χ1n) is 20.0. The van der Waals surface area contributed by atoms with Gasteiger partial charge in [-0.15, -0.1) is 22.7 Å². The number of fused-ring (bicyclic) bond motifs is 8. The smallest absolute Gasteiger partial charge is 0.165 e. The molecule has 0 aliphatic rings. The Bertz CT molecular complexity index is 3590. The molecule has 0 amide bonds. The van der Waals surface area contributed by atoms with Crippen molar-refractivity contribution in [2.45, 2.75) is 0 Å². The number of benzene rings is 8. The summed E-state index contributed by atoms with van der Waals surface area (Å²) in [6.45, 7) is 0. The molecule has 12 rings (SSSR count). The van der Waals surface area contributed by atoms with Gasteiger partial charge in [-0.1, -0.05) is 158 Å². The highest BCUT2D eigenvalue weighted by Gasteiger charge is 2.20. The van der Waals surface area contributed by atoms with Gasteiger partial charge in [0, 0.05) is 63.3 Å². The summed E-state index contributed by atoms with van der Waals surface area (Å²) in [6.07, 6.45) is 0. The summed E-state index contributed by atoms with van der Waals surface area (Å²) in [4.78, 5) is 20.9. The zero-order valence-electron chi connectivity index (χ0n) is 32.1. The minimum atomic E-state index is 0.620. The second kappa shape index (κ2) is 14.2. The van der Waals surface area contributed by atoms with Crippen LogP contribution in [0.4, 0.5) is 0 Å². The summed E-state index contributed by atoms with van der Waals surface area (Å²) in [5, 5.41) is 6.07. The normalized spacial score (nSPS) is 11.7. The number of hydrogen-bond donors (Lipinski definition) is 0. The van der Waals surface area contributed by atoms with E-state index in [9.17, 15) is 0 Å². The molecule has 4 heterocycles. The number of hydrogen-bond acceptors (Lipinski definition) is 6. The molecule has 4 aromatic heterocycles. The standard InChI is InChI=1S/C54H32N4S2/c1-3-13-33(14-4-1)34-25-27-35(28-26-34)37-29-30-45-44(32-37)48-42-20-8-10-24-47(42)60-51(48)49(55-45)38-17-11-18-39(31-38)53-56-52(36-15-5-2-6-16-36)57-54(58-53)43-22-12-21-41-40-19-7-9-23-46(40)59-50(41)43/h1-32H. The summed E-state index contributed by atoms with van der Waals surface area (Å²) in [7, 11) is 0. The predicted octanol–water partition coefficient (Wildman–Crippen LogP) is 15.2. The van der Waals surface area contributed by atoms with Crippen molar-refractivity contribution < 1.29 is 0 Å². The lowest BCUT2D eigenvalue weighted by atomic mass is 9.97. The lowest BCUT2D eigenvalue weighted by Gasteiger charge is -2.12. The van der Waals surface area contributed by atoms with Crippen molar-refractivity contribution >= 4 is 73.9 Å². The Labute approximate surface area is 353 Å². The van der Waals surface area contributed by atoms with Gasteiger partial charge in [-0.05, 0) is 58.7 Å². The van der Waals surface area contributed by atoms with E-state index in [1.165, 1.54) is 57.9 Å². The van der Waals surface area contributed by atoms with Crippen molar-refractivity contribution in [1.29, 1.82) is 0 Å². The van der Waals surface area contributed by atoms with Crippen molar-refractivity contribution in [2.75, 3.05) is 0 Å². The Kier molecular flexibility index (Phi) is 8.18. The third kappa shape index (κ3) is 5.88. The third-order valence-electron chi connectivity index (χ3n) is 11.3. The molecule has 12 aromatic rings. The van der Waals surface area contributed by atoms with E-state index in [1.807, 2.05) is 18.2 Å². The maximum absolute atomic E-state index is 5.44. The molecule has 0 N–H and O–H groups in total. The molecule has 280 valence electrons. The molecule has 0 aliphatic heterocycles. The van der Waals surface area contributed by atoms with Gasteiger partial charge in [0.1, 0.15) is 0 Å². The lowest BCUT2D eigenvalue weighted by Crippen LogP contribution is -2.00. The number of thiophene rings is 2. The third-order valence-corrected chi connectivity index (χ3v) is 13.7. The zero-order chi connectivity index (χ0) is 39.6. The van der Waals surface area contributed by atoms with E-state index in [4.69, 9.17) is 19.9 Å². The quantitative estimate of drug-likeness (QED) is 0.168. The van der Waals surface area contributed by atoms with Crippen LogP contribution in [0.1, 0.15) is 0 Å². The van der Waals surface area contributed by atoms with Crippen LogP contribution >= 0.6 is 22.7 Å². The first-order valence-corrected chi connectivity index (χ1v) is 21.6. The maximum Gasteiger partial charge on any atom is 0.165 e. The summed E-state index contributed by atoms with van der Waals surface area (Å²) in [5.74, 6) is 1.91. The van der Waals surface area contributed by atoms with Gasteiger partial charge in [-0.25, -0.2) is 19.9 Å². The van der Waals surface area contributed by atoms with Crippen molar-refractivity contribution in [3.05, 3.63) is 194 Å². The van der Waals surface area contributed by atoms with E-state index in [0.29, 0.717) is 17.5 Å². The Balaban J connectivity index is 1.01. The molecule has 8 aromatic carbocycles. The Hall–Kier alpha value is -7.38. The van der Waals surface area contributed by atoms with Gasteiger partial charge in [-0.3, -0.25) is 0 Å². The highest BCUT2D eigenvalue weighted by Crippen LogP contribution is 2.45. The number of rotatable bonds is 6. The number of aromatic nitrogens is 4. The second-order valence-corrected chi connectivity index (χ2v) is 17.1. The van der Waals surface area contributed by atoms with Crippen molar-refractivity contribution in [1.82, 2.24) is 19.9 Å². The molecule has 0 radical (unpaired) electrons. The van der Waals surface area contributed by atoms with Crippen molar-refractivity contribution in [2.24, 2.45) is 0 Å². The van der Waals surface area contributed by atoms with Crippen LogP contribution in [0, 0.1) is 0 Å². The summed E-state index contributed by atoms with van der Waals surface area (Å²) < 4.78 is 4.81. The largest absolute Gasteiger partial charge is 0.246 e. The average Bonchev–Trinajstić information content (AvgIpc) is 3.91. The Morgan fingerprint density at radius 3 is 1.62 bits per heavy atom. The molecule has 0 saturated carbocycles. The van der Waals surface area contributed by atoms with Gasteiger partial charge in [0.15, 0.2) is 17.5 Å². The fourth-order valence-corrected chi connectivity index (χ4v) is 10.9. The topological polar surface area (TPSA) is 51.6 Å². The molecule has 6 heteroatoms. The summed E-state index contributed by atoms with van der Waals surface area (Å²) in [6, 6.07) is 68.5. The highest BCUT2D eigenvalue weighted by atomic mass is 32.1. The van der Waals surface area contributed by atoms with Gasteiger partial charge in [0.25, 0.3) is 0 Å². The van der Waals surface area contributed by atoms with E-state index in [0.717, 1.165) is 43.6 Å². The Morgan fingerprint density at radius 2 is 0.833 bits per heavy atom. The molecule has 4 nitrogen and oxygen atoms in total. The SMILES string of the molecule is c1ccc(-c2ccc(-c3ccc4nc(-c5cccc(-c6nc(-c7ccccc7)nc(-c7cccc8c7sc7ccccc78)n6)c5)c5sc6ccccc6c5c4c3)cc2)cc1. The van der Waals surface area contributed by atoms with E-state index in [-0.39, 0.29) is 0 Å². The lowest BCUT2D eigenvalue weighted by molar-refractivity contribution is 1.08. The molecule has 0 unspecified atom stereocenters. The van der Waals surface area contributed by atoms with Gasteiger partial charge in [0.05, 0.1) is 15.9 Å². The molecule has 0 spiro atoms. The second-order valence-electron chi connectivity index (χ2n) is 15.0. The summed E-state index contributed by atoms with van der Waals surface area (Å²) >= 11 is 3.58. The zero-order valence-corrected chi connectivity index (χ0v) is 33.7. The first-order chi connectivity index (χ1) is 29.7. The monoisotopic (exact) mass is 800 g/mol. The average molecular weight is 801 g/mol. The van der Waals surface area contributed by atoms with Gasteiger partial charge < -0.3 is 0 Å². The van der Waals surface area contributed by atoms with Crippen molar-refractivity contribution in [3.8, 4) is 67.7 Å². The van der Waals surface area contributed by atoms with Crippen LogP contribution < -0.4 is 0 Å². The van der Waals surface area contributed by atoms with Crippen LogP contribution in [0.3, 0.4) is 0 Å². The predicted molar refractivity (Wildman–Crippen MR) is 254 cm³/mol. The van der Waals surface area contributed by atoms with E-state index < -0.39 is 0 Å².